The lowest BCUT2D eigenvalue weighted by atomic mass is 10.2. The number of carbonyl (C=O) groups excluding carboxylic acids is 1. The van der Waals surface area contributed by atoms with Gasteiger partial charge in [-0.2, -0.15) is 10.2 Å². The van der Waals surface area contributed by atoms with Gasteiger partial charge in [0.05, 0.1) is 17.8 Å². The Morgan fingerprint density at radius 3 is 2.86 bits per heavy atom. The zero-order valence-corrected chi connectivity index (χ0v) is 13.0. The van der Waals surface area contributed by atoms with Crippen LogP contribution in [0.4, 0.5) is 0 Å². The van der Waals surface area contributed by atoms with E-state index in [0.29, 0.717) is 24.5 Å². The van der Waals surface area contributed by atoms with Gasteiger partial charge in [0, 0.05) is 38.0 Å². The Morgan fingerprint density at radius 2 is 2.23 bits per heavy atom. The van der Waals surface area contributed by atoms with Crippen molar-refractivity contribution in [3.63, 3.8) is 0 Å². The first-order valence-electron chi connectivity index (χ1n) is 7.30. The summed E-state index contributed by atoms with van der Waals surface area (Å²) in [4.78, 5) is 14.5. The second kappa shape index (κ2) is 5.75. The number of hydrogen-bond acceptors (Lipinski definition) is 5. The van der Waals surface area contributed by atoms with Gasteiger partial charge in [0.15, 0.2) is 0 Å². The van der Waals surface area contributed by atoms with Crippen molar-refractivity contribution >= 4 is 5.91 Å². The molecule has 1 aliphatic heterocycles. The summed E-state index contributed by atoms with van der Waals surface area (Å²) in [6.07, 6.45) is 2.35. The van der Waals surface area contributed by atoms with Crippen molar-refractivity contribution in [1.29, 1.82) is 0 Å². The molecule has 0 saturated carbocycles. The van der Waals surface area contributed by atoms with E-state index in [1.165, 1.54) is 0 Å². The third-order valence-electron chi connectivity index (χ3n) is 3.99. The van der Waals surface area contributed by atoms with Crippen molar-refractivity contribution < 1.29 is 9.53 Å². The van der Waals surface area contributed by atoms with Crippen LogP contribution in [-0.2, 0) is 7.05 Å². The molecule has 2 aromatic rings. The van der Waals surface area contributed by atoms with Crippen LogP contribution in [0.5, 0.6) is 5.88 Å². The first-order chi connectivity index (χ1) is 10.6. The molecule has 3 heterocycles. The largest absolute Gasteiger partial charge is 0.471 e. The topological polar surface area (TPSA) is 73.1 Å². The van der Waals surface area contributed by atoms with Crippen molar-refractivity contribution in [2.75, 3.05) is 13.1 Å². The van der Waals surface area contributed by atoms with E-state index in [2.05, 4.69) is 15.3 Å². The first kappa shape index (κ1) is 14.5. The molecule has 0 bridgehead atoms. The fraction of sp³-hybridized carbons (Fsp3) is 0.467. The minimum Gasteiger partial charge on any atom is -0.471 e. The van der Waals surface area contributed by atoms with Crippen molar-refractivity contribution in [2.24, 2.45) is 7.05 Å². The molecule has 22 heavy (non-hydrogen) atoms. The van der Waals surface area contributed by atoms with Crippen LogP contribution in [0.1, 0.15) is 28.2 Å². The predicted octanol–water partition coefficient (Wildman–Crippen LogP) is 1.12. The van der Waals surface area contributed by atoms with E-state index < -0.39 is 0 Å². The molecule has 116 valence electrons. The van der Waals surface area contributed by atoms with Gasteiger partial charge < -0.3 is 9.64 Å². The molecule has 0 N–H and O–H groups in total. The lowest BCUT2D eigenvalue weighted by Gasteiger charge is -2.17. The first-order valence-corrected chi connectivity index (χ1v) is 7.30. The van der Waals surface area contributed by atoms with E-state index >= 15 is 0 Å². The van der Waals surface area contributed by atoms with Crippen molar-refractivity contribution in [2.45, 2.75) is 26.4 Å². The third kappa shape index (κ3) is 2.66. The van der Waals surface area contributed by atoms with Crippen LogP contribution >= 0.6 is 0 Å². The van der Waals surface area contributed by atoms with E-state index in [-0.39, 0.29) is 12.0 Å². The zero-order valence-electron chi connectivity index (χ0n) is 13.0. The number of hydrogen-bond donors (Lipinski definition) is 0. The highest BCUT2D eigenvalue weighted by Gasteiger charge is 2.31. The minimum atomic E-state index is -0.0436. The second-order valence-corrected chi connectivity index (χ2v) is 5.51. The van der Waals surface area contributed by atoms with Crippen LogP contribution in [0.15, 0.2) is 18.3 Å². The molecule has 1 aliphatic rings. The molecule has 7 heteroatoms. The Bertz CT molecular complexity index is 683. The van der Waals surface area contributed by atoms with Crippen molar-refractivity contribution in [3.8, 4) is 5.88 Å². The van der Waals surface area contributed by atoms with Gasteiger partial charge in [-0.05, 0) is 19.9 Å². The van der Waals surface area contributed by atoms with Gasteiger partial charge in [-0.1, -0.05) is 0 Å². The maximum Gasteiger partial charge on any atom is 0.257 e. The number of carbonyl (C=O) groups is 1. The molecule has 0 spiro atoms. The predicted molar refractivity (Wildman–Crippen MR) is 79.7 cm³/mol. The van der Waals surface area contributed by atoms with Crippen LogP contribution in [0.25, 0.3) is 0 Å². The molecule has 3 rings (SSSR count). The average Bonchev–Trinajstić information content (AvgIpc) is 3.05. The summed E-state index contributed by atoms with van der Waals surface area (Å²) >= 11 is 0. The lowest BCUT2D eigenvalue weighted by molar-refractivity contribution is 0.0769. The molecule has 0 radical (unpaired) electrons. The summed E-state index contributed by atoms with van der Waals surface area (Å²) in [5.74, 6) is 0.517. The normalized spacial score (nSPS) is 17.8. The smallest absolute Gasteiger partial charge is 0.257 e. The fourth-order valence-corrected chi connectivity index (χ4v) is 2.77. The van der Waals surface area contributed by atoms with Gasteiger partial charge in [0.25, 0.3) is 5.91 Å². The van der Waals surface area contributed by atoms with Crippen LogP contribution in [0.2, 0.25) is 0 Å². The van der Waals surface area contributed by atoms with Crippen molar-refractivity contribution in [1.82, 2.24) is 24.9 Å². The van der Waals surface area contributed by atoms with Crippen LogP contribution < -0.4 is 4.74 Å². The summed E-state index contributed by atoms with van der Waals surface area (Å²) in [6.45, 7) is 5.02. The highest BCUT2D eigenvalue weighted by molar-refractivity contribution is 5.96. The molecule has 1 unspecified atom stereocenters. The van der Waals surface area contributed by atoms with Gasteiger partial charge in [0.2, 0.25) is 5.88 Å². The second-order valence-electron chi connectivity index (χ2n) is 5.51. The minimum absolute atomic E-state index is 0.0216. The third-order valence-corrected chi connectivity index (χ3v) is 3.99. The average molecular weight is 301 g/mol. The number of amides is 1. The Kier molecular flexibility index (Phi) is 3.79. The van der Waals surface area contributed by atoms with Gasteiger partial charge in [0.1, 0.15) is 6.10 Å². The molecule has 1 saturated heterocycles. The monoisotopic (exact) mass is 301 g/mol. The Hall–Kier alpha value is -2.44. The van der Waals surface area contributed by atoms with Gasteiger partial charge in [-0.3, -0.25) is 9.48 Å². The van der Waals surface area contributed by atoms with E-state index in [9.17, 15) is 4.79 Å². The Balaban J connectivity index is 1.68. The summed E-state index contributed by atoms with van der Waals surface area (Å²) in [6, 6.07) is 3.55. The number of ether oxygens (including phenoxy) is 1. The SMILES string of the molecule is Cc1nn(C)c(C)c1C(=O)N1CCC(Oc2cccnn2)C1. The Morgan fingerprint density at radius 1 is 1.41 bits per heavy atom. The zero-order chi connectivity index (χ0) is 15.7. The van der Waals surface area contributed by atoms with Crippen LogP contribution in [-0.4, -0.2) is 50.0 Å². The molecule has 1 fully saturated rings. The van der Waals surface area contributed by atoms with Crippen molar-refractivity contribution in [3.05, 3.63) is 35.3 Å². The molecule has 1 atom stereocenters. The number of rotatable bonds is 3. The summed E-state index contributed by atoms with van der Waals surface area (Å²) in [7, 11) is 1.85. The van der Waals surface area contributed by atoms with Crippen LogP contribution in [0, 0.1) is 13.8 Å². The van der Waals surface area contributed by atoms with Gasteiger partial charge in [-0.25, -0.2) is 0 Å². The van der Waals surface area contributed by atoms with E-state index in [1.807, 2.05) is 25.8 Å². The summed E-state index contributed by atoms with van der Waals surface area (Å²) < 4.78 is 7.51. The number of aromatic nitrogens is 4. The maximum atomic E-state index is 12.7. The quantitative estimate of drug-likeness (QED) is 0.849. The van der Waals surface area contributed by atoms with E-state index in [4.69, 9.17) is 4.74 Å². The highest BCUT2D eigenvalue weighted by Crippen LogP contribution is 2.21. The number of nitrogens with zero attached hydrogens (tertiary/aromatic N) is 5. The molecular formula is C15H19N5O2. The van der Waals surface area contributed by atoms with Gasteiger partial charge in [-0.15, -0.1) is 5.10 Å². The molecule has 2 aromatic heterocycles. The lowest BCUT2D eigenvalue weighted by Crippen LogP contribution is -2.31. The summed E-state index contributed by atoms with van der Waals surface area (Å²) in [5.41, 5.74) is 2.35. The van der Waals surface area contributed by atoms with Gasteiger partial charge >= 0.3 is 0 Å². The van der Waals surface area contributed by atoms with E-state index in [0.717, 1.165) is 17.8 Å². The molecular weight excluding hydrogens is 282 g/mol. The van der Waals surface area contributed by atoms with Crippen LogP contribution in [0.3, 0.4) is 0 Å². The van der Waals surface area contributed by atoms with E-state index in [1.54, 1.807) is 23.0 Å². The summed E-state index contributed by atoms with van der Waals surface area (Å²) in [5, 5.41) is 12.0. The molecule has 0 aromatic carbocycles. The molecule has 0 aliphatic carbocycles. The molecule has 7 nitrogen and oxygen atoms in total. The Labute approximate surface area is 128 Å². The number of aryl methyl sites for hydroxylation is 2. The standard InChI is InChI=1S/C15H19N5O2/c1-10-14(11(2)19(3)18-10)15(21)20-8-6-12(9-20)22-13-5-4-7-16-17-13/h4-5,7,12H,6,8-9H2,1-3H3. The maximum absolute atomic E-state index is 12.7. The highest BCUT2D eigenvalue weighted by atomic mass is 16.5. The number of likely N-dealkylation sites (tertiary alicyclic amines) is 1. The fourth-order valence-electron chi connectivity index (χ4n) is 2.77. The molecule has 1 amide bonds.